The highest BCUT2D eigenvalue weighted by atomic mass is 16.2. The minimum Gasteiger partial charge on any atom is -0.336 e. The van der Waals surface area contributed by atoms with Gasteiger partial charge < -0.3 is 10.6 Å². The third-order valence-electron chi connectivity index (χ3n) is 4.02. The van der Waals surface area contributed by atoms with Crippen LogP contribution in [0.15, 0.2) is 6.20 Å². The Hall–Kier alpha value is -1.36. The molecule has 1 aromatic heterocycles. The molecule has 2 N–H and O–H groups in total. The molecule has 106 valence electrons. The largest absolute Gasteiger partial charge is 0.336 e. The SMILES string of the molecule is CCC1CCCN1C(=O)c1cnn(CCCN)c1C. The molecule has 1 amide bonds. The zero-order valence-electron chi connectivity index (χ0n) is 11.9. The molecular weight excluding hydrogens is 240 g/mol. The number of hydrogen-bond acceptors (Lipinski definition) is 3. The number of hydrogen-bond donors (Lipinski definition) is 1. The molecule has 5 heteroatoms. The van der Waals surface area contributed by atoms with Gasteiger partial charge in [-0.05, 0) is 39.2 Å². The summed E-state index contributed by atoms with van der Waals surface area (Å²) in [7, 11) is 0. The Morgan fingerprint density at radius 1 is 1.58 bits per heavy atom. The minimum atomic E-state index is 0.140. The van der Waals surface area contributed by atoms with Crippen LogP contribution in [0.1, 0.15) is 48.7 Å². The van der Waals surface area contributed by atoms with E-state index < -0.39 is 0 Å². The summed E-state index contributed by atoms with van der Waals surface area (Å²) < 4.78 is 1.89. The quantitative estimate of drug-likeness (QED) is 0.877. The van der Waals surface area contributed by atoms with E-state index in [1.54, 1.807) is 6.20 Å². The molecule has 1 fully saturated rings. The summed E-state index contributed by atoms with van der Waals surface area (Å²) in [5.74, 6) is 0.140. The number of nitrogens with two attached hydrogens (primary N) is 1. The Morgan fingerprint density at radius 2 is 2.37 bits per heavy atom. The molecule has 0 saturated carbocycles. The number of rotatable bonds is 5. The van der Waals surface area contributed by atoms with Crippen LogP contribution in [0.5, 0.6) is 0 Å². The lowest BCUT2D eigenvalue weighted by atomic mass is 10.1. The molecule has 5 nitrogen and oxygen atoms in total. The van der Waals surface area contributed by atoms with Gasteiger partial charge in [-0.2, -0.15) is 5.10 Å². The highest BCUT2D eigenvalue weighted by Crippen LogP contribution is 2.23. The van der Waals surface area contributed by atoms with Gasteiger partial charge in [-0.15, -0.1) is 0 Å². The maximum Gasteiger partial charge on any atom is 0.257 e. The molecule has 1 saturated heterocycles. The second-order valence-corrected chi connectivity index (χ2v) is 5.21. The summed E-state index contributed by atoms with van der Waals surface area (Å²) in [6.07, 6.45) is 5.87. The second-order valence-electron chi connectivity index (χ2n) is 5.21. The normalized spacial score (nSPS) is 19.1. The van der Waals surface area contributed by atoms with Gasteiger partial charge in [-0.1, -0.05) is 6.92 Å². The number of likely N-dealkylation sites (tertiary alicyclic amines) is 1. The average molecular weight is 264 g/mol. The van der Waals surface area contributed by atoms with Gasteiger partial charge in [0, 0.05) is 24.8 Å². The Bertz CT molecular complexity index is 441. The van der Waals surface area contributed by atoms with E-state index >= 15 is 0 Å². The monoisotopic (exact) mass is 264 g/mol. The highest BCUT2D eigenvalue weighted by molar-refractivity contribution is 5.95. The predicted octanol–water partition coefficient (Wildman–Crippen LogP) is 1.55. The fourth-order valence-corrected chi connectivity index (χ4v) is 2.81. The summed E-state index contributed by atoms with van der Waals surface area (Å²) in [5, 5.41) is 4.31. The van der Waals surface area contributed by atoms with Crippen molar-refractivity contribution in [1.29, 1.82) is 0 Å². The van der Waals surface area contributed by atoms with E-state index in [-0.39, 0.29) is 5.91 Å². The van der Waals surface area contributed by atoms with Crippen LogP contribution in [0, 0.1) is 6.92 Å². The Kier molecular flexibility index (Phi) is 4.58. The molecule has 0 aromatic carbocycles. The highest BCUT2D eigenvalue weighted by Gasteiger charge is 2.29. The Morgan fingerprint density at radius 3 is 3.05 bits per heavy atom. The van der Waals surface area contributed by atoms with Crippen LogP contribution in [-0.4, -0.2) is 39.7 Å². The molecule has 1 aromatic rings. The summed E-state index contributed by atoms with van der Waals surface area (Å²) in [6, 6.07) is 0.402. The fraction of sp³-hybridized carbons (Fsp3) is 0.714. The van der Waals surface area contributed by atoms with E-state index in [1.807, 2.05) is 16.5 Å². The number of carbonyl (C=O) groups is 1. The zero-order valence-corrected chi connectivity index (χ0v) is 11.9. The van der Waals surface area contributed by atoms with Crippen molar-refractivity contribution >= 4 is 5.91 Å². The van der Waals surface area contributed by atoms with Crippen molar-refractivity contribution < 1.29 is 4.79 Å². The fourth-order valence-electron chi connectivity index (χ4n) is 2.81. The maximum absolute atomic E-state index is 12.6. The van der Waals surface area contributed by atoms with E-state index in [0.717, 1.165) is 50.0 Å². The van der Waals surface area contributed by atoms with Gasteiger partial charge in [0.25, 0.3) is 5.91 Å². The van der Waals surface area contributed by atoms with Crippen molar-refractivity contribution in [3.8, 4) is 0 Å². The van der Waals surface area contributed by atoms with Crippen LogP contribution in [0.2, 0.25) is 0 Å². The van der Waals surface area contributed by atoms with Gasteiger partial charge >= 0.3 is 0 Å². The van der Waals surface area contributed by atoms with Crippen LogP contribution in [0.25, 0.3) is 0 Å². The van der Waals surface area contributed by atoms with E-state index in [2.05, 4.69) is 12.0 Å². The number of nitrogens with zero attached hydrogens (tertiary/aromatic N) is 3. The molecular formula is C14H24N4O. The number of amides is 1. The van der Waals surface area contributed by atoms with Crippen LogP contribution >= 0.6 is 0 Å². The third-order valence-corrected chi connectivity index (χ3v) is 4.02. The molecule has 1 atom stereocenters. The van der Waals surface area contributed by atoms with Gasteiger partial charge in [0.2, 0.25) is 0 Å². The molecule has 2 rings (SSSR count). The van der Waals surface area contributed by atoms with Crippen LogP contribution in [0.4, 0.5) is 0 Å². The molecule has 0 radical (unpaired) electrons. The first kappa shape index (κ1) is 14.1. The molecule has 0 aliphatic carbocycles. The summed E-state index contributed by atoms with van der Waals surface area (Å²) in [6.45, 7) is 6.42. The lowest BCUT2D eigenvalue weighted by Crippen LogP contribution is -2.35. The van der Waals surface area contributed by atoms with Crippen LogP contribution in [0.3, 0.4) is 0 Å². The van der Waals surface area contributed by atoms with Crippen molar-refractivity contribution in [2.45, 2.75) is 52.1 Å². The van der Waals surface area contributed by atoms with E-state index in [4.69, 9.17) is 5.73 Å². The first-order valence-electron chi connectivity index (χ1n) is 7.22. The molecule has 19 heavy (non-hydrogen) atoms. The Balaban J connectivity index is 2.13. The van der Waals surface area contributed by atoms with Gasteiger partial charge in [0.15, 0.2) is 0 Å². The average Bonchev–Trinajstić information content (AvgIpc) is 3.02. The standard InChI is InChI=1S/C14H24N4O/c1-3-12-6-4-8-17(12)14(19)13-10-16-18(11(13)2)9-5-7-15/h10,12H,3-9,15H2,1-2H3. The van der Waals surface area contributed by atoms with Gasteiger partial charge in [0.1, 0.15) is 0 Å². The third kappa shape index (κ3) is 2.81. The van der Waals surface area contributed by atoms with E-state index in [0.29, 0.717) is 12.6 Å². The van der Waals surface area contributed by atoms with Crippen molar-refractivity contribution in [3.05, 3.63) is 17.5 Å². The zero-order chi connectivity index (χ0) is 13.8. The smallest absolute Gasteiger partial charge is 0.257 e. The summed E-state index contributed by atoms with van der Waals surface area (Å²) in [4.78, 5) is 14.6. The molecule has 1 aliphatic heterocycles. The molecule has 0 bridgehead atoms. The van der Waals surface area contributed by atoms with E-state index in [1.165, 1.54) is 0 Å². The van der Waals surface area contributed by atoms with Gasteiger partial charge in [0.05, 0.1) is 11.8 Å². The maximum atomic E-state index is 12.6. The molecule has 1 aliphatic rings. The van der Waals surface area contributed by atoms with Gasteiger partial charge in [-0.3, -0.25) is 9.48 Å². The van der Waals surface area contributed by atoms with E-state index in [9.17, 15) is 4.79 Å². The summed E-state index contributed by atoms with van der Waals surface area (Å²) >= 11 is 0. The minimum absolute atomic E-state index is 0.140. The Labute approximate surface area is 114 Å². The lowest BCUT2D eigenvalue weighted by molar-refractivity contribution is 0.0733. The summed E-state index contributed by atoms with van der Waals surface area (Å²) in [5.41, 5.74) is 7.22. The van der Waals surface area contributed by atoms with Crippen molar-refractivity contribution in [2.24, 2.45) is 5.73 Å². The number of aryl methyl sites for hydroxylation is 1. The lowest BCUT2D eigenvalue weighted by Gasteiger charge is -2.23. The first-order chi connectivity index (χ1) is 9.19. The molecule has 2 heterocycles. The van der Waals surface area contributed by atoms with Crippen molar-refractivity contribution in [1.82, 2.24) is 14.7 Å². The second kappa shape index (κ2) is 6.19. The predicted molar refractivity (Wildman–Crippen MR) is 75.0 cm³/mol. The molecule has 1 unspecified atom stereocenters. The van der Waals surface area contributed by atoms with Crippen LogP contribution < -0.4 is 5.73 Å². The first-order valence-corrected chi connectivity index (χ1v) is 7.22. The topological polar surface area (TPSA) is 64.2 Å². The number of carbonyl (C=O) groups excluding carboxylic acids is 1. The molecule has 0 spiro atoms. The number of aromatic nitrogens is 2. The van der Waals surface area contributed by atoms with Gasteiger partial charge in [-0.25, -0.2) is 0 Å². The van der Waals surface area contributed by atoms with Crippen molar-refractivity contribution in [3.63, 3.8) is 0 Å². The van der Waals surface area contributed by atoms with Crippen molar-refractivity contribution in [2.75, 3.05) is 13.1 Å². The van der Waals surface area contributed by atoms with Crippen LogP contribution in [-0.2, 0) is 6.54 Å².